The van der Waals surface area contributed by atoms with E-state index < -0.39 is 6.03 Å². The van der Waals surface area contributed by atoms with Crippen LogP contribution in [-0.4, -0.2) is 26.2 Å². The van der Waals surface area contributed by atoms with Crippen molar-refractivity contribution in [3.8, 4) is 5.75 Å². The highest BCUT2D eigenvalue weighted by Crippen LogP contribution is 2.32. The molecule has 19 heavy (non-hydrogen) atoms. The Kier molecular flexibility index (Phi) is 4.63. The lowest BCUT2D eigenvalue weighted by molar-refractivity contribution is 0.248. The minimum absolute atomic E-state index is 0.327. The zero-order valence-electron chi connectivity index (χ0n) is 11.2. The Morgan fingerprint density at radius 2 is 2.32 bits per heavy atom. The van der Waals surface area contributed by atoms with Crippen molar-refractivity contribution in [1.82, 2.24) is 10.6 Å². The van der Waals surface area contributed by atoms with E-state index in [-0.39, 0.29) is 0 Å². The second kappa shape index (κ2) is 6.43. The standard InChI is InChI=1S/C14H21N3O2/c1-19-11-6-5-10-3-2-4-13(12(10)9-11)16-7-8-17-14(15)18/h5-6,9,13,16H,2-4,7-8H2,1H3,(H3,15,17,18). The van der Waals surface area contributed by atoms with E-state index >= 15 is 0 Å². The molecule has 2 rings (SSSR count). The molecule has 0 saturated carbocycles. The van der Waals surface area contributed by atoms with Gasteiger partial charge in [0, 0.05) is 19.1 Å². The minimum atomic E-state index is -0.479. The highest BCUT2D eigenvalue weighted by molar-refractivity contribution is 5.71. The summed E-state index contributed by atoms with van der Waals surface area (Å²) in [5, 5.41) is 6.04. The largest absolute Gasteiger partial charge is 0.497 e. The van der Waals surface area contributed by atoms with E-state index in [9.17, 15) is 4.79 Å². The number of carbonyl (C=O) groups is 1. The average molecular weight is 263 g/mol. The summed E-state index contributed by atoms with van der Waals surface area (Å²) in [5.74, 6) is 0.891. The van der Waals surface area contributed by atoms with E-state index in [0.29, 0.717) is 19.1 Å². The number of methoxy groups -OCH3 is 1. The van der Waals surface area contributed by atoms with Gasteiger partial charge in [0.15, 0.2) is 0 Å². The predicted molar refractivity (Wildman–Crippen MR) is 74.3 cm³/mol. The Morgan fingerprint density at radius 3 is 3.05 bits per heavy atom. The molecule has 0 bridgehead atoms. The molecule has 1 aliphatic rings. The first-order chi connectivity index (χ1) is 9.20. The molecule has 1 aromatic rings. The van der Waals surface area contributed by atoms with Crippen LogP contribution in [0.25, 0.3) is 0 Å². The molecule has 0 spiro atoms. The molecule has 2 amide bonds. The van der Waals surface area contributed by atoms with Gasteiger partial charge in [-0.1, -0.05) is 6.07 Å². The number of rotatable bonds is 5. The van der Waals surface area contributed by atoms with Gasteiger partial charge in [-0.3, -0.25) is 0 Å². The zero-order chi connectivity index (χ0) is 13.7. The maximum atomic E-state index is 10.6. The summed E-state index contributed by atoms with van der Waals surface area (Å²) in [7, 11) is 1.68. The highest BCUT2D eigenvalue weighted by atomic mass is 16.5. The fourth-order valence-electron chi connectivity index (χ4n) is 2.55. The Bertz CT molecular complexity index is 448. The van der Waals surface area contributed by atoms with Crippen molar-refractivity contribution >= 4 is 6.03 Å². The number of aryl methyl sites for hydroxylation is 1. The monoisotopic (exact) mass is 263 g/mol. The third kappa shape index (κ3) is 3.61. The van der Waals surface area contributed by atoms with Gasteiger partial charge >= 0.3 is 6.03 Å². The third-order valence-corrected chi connectivity index (χ3v) is 3.48. The van der Waals surface area contributed by atoms with Crippen molar-refractivity contribution < 1.29 is 9.53 Å². The number of fused-ring (bicyclic) bond motifs is 1. The lowest BCUT2D eigenvalue weighted by atomic mass is 9.87. The maximum Gasteiger partial charge on any atom is 0.312 e. The Labute approximate surface area is 113 Å². The Balaban J connectivity index is 1.98. The van der Waals surface area contributed by atoms with Crippen LogP contribution in [0.5, 0.6) is 5.75 Å². The van der Waals surface area contributed by atoms with Gasteiger partial charge in [0.2, 0.25) is 0 Å². The number of benzene rings is 1. The smallest absolute Gasteiger partial charge is 0.312 e. The normalized spacial score (nSPS) is 17.6. The second-order valence-corrected chi connectivity index (χ2v) is 4.75. The van der Waals surface area contributed by atoms with Gasteiger partial charge in [0.25, 0.3) is 0 Å². The van der Waals surface area contributed by atoms with Gasteiger partial charge < -0.3 is 21.1 Å². The van der Waals surface area contributed by atoms with Crippen LogP contribution in [0, 0.1) is 0 Å². The molecule has 0 saturated heterocycles. The summed E-state index contributed by atoms with van der Waals surface area (Å²) in [5.41, 5.74) is 7.72. The Morgan fingerprint density at radius 1 is 1.47 bits per heavy atom. The molecular formula is C14H21N3O2. The number of hydrogen-bond donors (Lipinski definition) is 3. The molecule has 1 aliphatic carbocycles. The molecule has 0 aromatic heterocycles. The first kappa shape index (κ1) is 13.7. The van der Waals surface area contributed by atoms with E-state index in [4.69, 9.17) is 10.5 Å². The molecule has 5 heteroatoms. The summed E-state index contributed by atoms with van der Waals surface area (Å²) in [4.78, 5) is 10.6. The summed E-state index contributed by atoms with van der Waals surface area (Å²) in [6.45, 7) is 1.26. The molecule has 0 heterocycles. The fraction of sp³-hybridized carbons (Fsp3) is 0.500. The highest BCUT2D eigenvalue weighted by Gasteiger charge is 2.20. The molecule has 4 N–H and O–H groups in total. The zero-order valence-corrected chi connectivity index (χ0v) is 11.2. The molecule has 5 nitrogen and oxygen atoms in total. The van der Waals surface area contributed by atoms with E-state index in [1.807, 2.05) is 6.07 Å². The number of ether oxygens (including phenoxy) is 1. The lowest BCUT2D eigenvalue weighted by Crippen LogP contribution is -2.37. The second-order valence-electron chi connectivity index (χ2n) is 4.75. The van der Waals surface area contributed by atoms with Gasteiger partial charge in [0.1, 0.15) is 5.75 Å². The van der Waals surface area contributed by atoms with Gasteiger partial charge in [-0.05, 0) is 42.5 Å². The molecule has 1 atom stereocenters. The van der Waals surface area contributed by atoms with Gasteiger partial charge in [0.05, 0.1) is 7.11 Å². The summed E-state index contributed by atoms with van der Waals surface area (Å²) in [6, 6.07) is 6.11. The summed E-state index contributed by atoms with van der Waals surface area (Å²) in [6.07, 6.45) is 3.41. The number of nitrogens with two attached hydrogens (primary N) is 1. The minimum Gasteiger partial charge on any atom is -0.497 e. The topological polar surface area (TPSA) is 76.4 Å². The van der Waals surface area contributed by atoms with E-state index in [1.165, 1.54) is 17.5 Å². The van der Waals surface area contributed by atoms with Crippen LogP contribution < -0.4 is 21.1 Å². The van der Waals surface area contributed by atoms with Crippen molar-refractivity contribution in [2.45, 2.75) is 25.3 Å². The molecule has 1 aromatic carbocycles. The number of nitrogens with one attached hydrogen (secondary N) is 2. The number of hydrogen-bond acceptors (Lipinski definition) is 3. The SMILES string of the molecule is COc1ccc2c(c1)C(NCCNC(N)=O)CCC2. The van der Waals surface area contributed by atoms with Crippen LogP contribution in [-0.2, 0) is 6.42 Å². The number of urea groups is 1. The molecule has 1 unspecified atom stereocenters. The quantitative estimate of drug-likeness (QED) is 0.701. The van der Waals surface area contributed by atoms with E-state index in [2.05, 4.69) is 22.8 Å². The number of amides is 2. The Hall–Kier alpha value is -1.75. The van der Waals surface area contributed by atoms with Crippen molar-refractivity contribution in [2.75, 3.05) is 20.2 Å². The van der Waals surface area contributed by atoms with Gasteiger partial charge in [-0.2, -0.15) is 0 Å². The summed E-state index contributed by atoms with van der Waals surface area (Å²) < 4.78 is 5.28. The first-order valence-corrected chi connectivity index (χ1v) is 6.64. The van der Waals surface area contributed by atoms with Gasteiger partial charge in [-0.15, -0.1) is 0 Å². The van der Waals surface area contributed by atoms with Crippen LogP contribution in [0.15, 0.2) is 18.2 Å². The molecule has 104 valence electrons. The average Bonchev–Trinajstić information content (AvgIpc) is 2.43. The van der Waals surface area contributed by atoms with E-state index in [1.54, 1.807) is 7.11 Å². The van der Waals surface area contributed by atoms with Crippen molar-refractivity contribution in [3.63, 3.8) is 0 Å². The van der Waals surface area contributed by atoms with Crippen molar-refractivity contribution in [3.05, 3.63) is 29.3 Å². The van der Waals surface area contributed by atoms with E-state index in [0.717, 1.165) is 18.6 Å². The lowest BCUT2D eigenvalue weighted by Gasteiger charge is -2.27. The van der Waals surface area contributed by atoms with Crippen LogP contribution in [0.1, 0.15) is 30.0 Å². The summed E-state index contributed by atoms with van der Waals surface area (Å²) >= 11 is 0. The first-order valence-electron chi connectivity index (χ1n) is 6.64. The van der Waals surface area contributed by atoms with Crippen LogP contribution >= 0.6 is 0 Å². The van der Waals surface area contributed by atoms with Crippen molar-refractivity contribution in [2.24, 2.45) is 5.73 Å². The van der Waals surface area contributed by atoms with Crippen LogP contribution in [0.4, 0.5) is 4.79 Å². The molecule has 0 radical (unpaired) electrons. The van der Waals surface area contributed by atoms with Gasteiger partial charge in [-0.25, -0.2) is 4.79 Å². The number of primary amides is 1. The molecule has 0 aliphatic heterocycles. The fourth-order valence-corrected chi connectivity index (χ4v) is 2.55. The maximum absolute atomic E-state index is 10.6. The van der Waals surface area contributed by atoms with Crippen LogP contribution in [0.2, 0.25) is 0 Å². The van der Waals surface area contributed by atoms with Crippen molar-refractivity contribution in [1.29, 1.82) is 0 Å². The third-order valence-electron chi connectivity index (χ3n) is 3.48. The number of carbonyl (C=O) groups excluding carboxylic acids is 1. The predicted octanol–water partition coefficient (Wildman–Crippen LogP) is 1.33. The van der Waals surface area contributed by atoms with Crippen LogP contribution in [0.3, 0.4) is 0 Å². The molecule has 0 fully saturated rings. The molecular weight excluding hydrogens is 242 g/mol.